The van der Waals surface area contributed by atoms with E-state index in [0.717, 1.165) is 0 Å². The molecule has 0 aromatic rings. The van der Waals surface area contributed by atoms with Gasteiger partial charge in [0, 0.05) is 6.42 Å². The van der Waals surface area contributed by atoms with Crippen LogP contribution in [0.3, 0.4) is 0 Å². The summed E-state index contributed by atoms with van der Waals surface area (Å²) >= 11 is 0. The molecule has 0 saturated heterocycles. The van der Waals surface area contributed by atoms with Crippen LogP contribution in [0.2, 0.25) is 0 Å². The van der Waals surface area contributed by atoms with Crippen LogP contribution in [-0.4, -0.2) is 25.2 Å². The van der Waals surface area contributed by atoms with Crippen LogP contribution in [0.1, 0.15) is 32.6 Å². The molecule has 0 rings (SSSR count). The maximum Gasteiger partial charge on any atom is 0.389 e. The first-order chi connectivity index (χ1) is 6.87. The molecule has 0 saturated carbocycles. The van der Waals surface area contributed by atoms with Gasteiger partial charge in [0.1, 0.15) is 0 Å². The largest absolute Gasteiger partial charge is 0.389 e. The zero-order valence-corrected chi connectivity index (χ0v) is 8.58. The molecule has 6 heteroatoms. The van der Waals surface area contributed by atoms with Crippen molar-refractivity contribution >= 4 is 0 Å². The Labute approximate surface area is 86.0 Å². The van der Waals surface area contributed by atoms with Gasteiger partial charge in [-0.2, -0.15) is 13.2 Å². The Hall–Kier alpha value is -0.390. The van der Waals surface area contributed by atoms with E-state index in [9.17, 15) is 22.0 Å². The van der Waals surface area contributed by atoms with E-state index >= 15 is 0 Å². The lowest BCUT2D eigenvalue weighted by Crippen LogP contribution is -2.36. The van der Waals surface area contributed by atoms with E-state index in [0.29, 0.717) is 13.0 Å². The standard InChI is InChI=1S/C9H16F5N/c1-2-6-15-7(8(10)11)4-3-5-9(12,13)14/h7-8,15H,2-6H2,1H3. The van der Waals surface area contributed by atoms with E-state index in [4.69, 9.17) is 0 Å². The van der Waals surface area contributed by atoms with Crippen LogP contribution in [0.15, 0.2) is 0 Å². The normalized spacial score (nSPS) is 14.6. The van der Waals surface area contributed by atoms with E-state index in [-0.39, 0.29) is 12.8 Å². The van der Waals surface area contributed by atoms with Gasteiger partial charge in [-0.1, -0.05) is 6.92 Å². The summed E-state index contributed by atoms with van der Waals surface area (Å²) in [5.74, 6) is 0. The fourth-order valence-electron chi connectivity index (χ4n) is 1.17. The molecule has 15 heavy (non-hydrogen) atoms. The molecule has 0 aliphatic heterocycles. The van der Waals surface area contributed by atoms with Gasteiger partial charge >= 0.3 is 6.18 Å². The second kappa shape index (κ2) is 6.98. The Morgan fingerprint density at radius 3 is 2.20 bits per heavy atom. The van der Waals surface area contributed by atoms with Crippen LogP contribution in [-0.2, 0) is 0 Å². The number of rotatable bonds is 7. The highest BCUT2D eigenvalue weighted by molar-refractivity contribution is 4.69. The molecule has 1 N–H and O–H groups in total. The average molecular weight is 233 g/mol. The zero-order chi connectivity index (χ0) is 11.9. The molecule has 0 amide bonds. The molecule has 92 valence electrons. The molecule has 0 aromatic heterocycles. The van der Waals surface area contributed by atoms with E-state index in [2.05, 4.69) is 5.32 Å². The first-order valence-corrected chi connectivity index (χ1v) is 4.95. The molecule has 1 atom stereocenters. The molecule has 0 aliphatic rings. The number of nitrogens with one attached hydrogen (secondary N) is 1. The van der Waals surface area contributed by atoms with Crippen molar-refractivity contribution in [3.05, 3.63) is 0 Å². The van der Waals surface area contributed by atoms with Crippen LogP contribution in [0.4, 0.5) is 22.0 Å². The van der Waals surface area contributed by atoms with Crippen molar-refractivity contribution in [3.8, 4) is 0 Å². The topological polar surface area (TPSA) is 12.0 Å². The van der Waals surface area contributed by atoms with Gasteiger partial charge in [0.25, 0.3) is 6.43 Å². The van der Waals surface area contributed by atoms with E-state index in [1.54, 1.807) is 0 Å². The third kappa shape index (κ3) is 8.59. The molecular formula is C9H16F5N. The Balaban J connectivity index is 3.76. The lowest BCUT2D eigenvalue weighted by atomic mass is 10.1. The van der Waals surface area contributed by atoms with Crippen molar-refractivity contribution in [2.75, 3.05) is 6.54 Å². The van der Waals surface area contributed by atoms with Crippen LogP contribution in [0.5, 0.6) is 0 Å². The summed E-state index contributed by atoms with van der Waals surface area (Å²) in [5.41, 5.74) is 0. The number of halogens is 5. The predicted molar refractivity (Wildman–Crippen MR) is 48.0 cm³/mol. The van der Waals surface area contributed by atoms with Crippen LogP contribution in [0.25, 0.3) is 0 Å². The van der Waals surface area contributed by atoms with Gasteiger partial charge in [-0.15, -0.1) is 0 Å². The molecular weight excluding hydrogens is 217 g/mol. The molecule has 0 fully saturated rings. The van der Waals surface area contributed by atoms with Crippen molar-refractivity contribution < 1.29 is 22.0 Å². The van der Waals surface area contributed by atoms with E-state index in [1.807, 2.05) is 6.92 Å². The lowest BCUT2D eigenvalue weighted by molar-refractivity contribution is -0.136. The number of hydrogen-bond acceptors (Lipinski definition) is 1. The Morgan fingerprint density at radius 2 is 1.80 bits per heavy atom. The Bertz CT molecular complexity index is 157. The maximum absolute atomic E-state index is 12.3. The fraction of sp³-hybridized carbons (Fsp3) is 1.00. The minimum atomic E-state index is -4.25. The van der Waals surface area contributed by atoms with Gasteiger partial charge in [-0.05, 0) is 25.8 Å². The summed E-state index contributed by atoms with van der Waals surface area (Å²) in [6, 6.07) is -1.12. The summed E-state index contributed by atoms with van der Waals surface area (Å²) in [7, 11) is 0. The summed E-state index contributed by atoms with van der Waals surface area (Å²) in [6.45, 7) is 2.21. The third-order valence-corrected chi connectivity index (χ3v) is 1.94. The monoisotopic (exact) mass is 233 g/mol. The van der Waals surface area contributed by atoms with E-state index < -0.39 is 25.1 Å². The predicted octanol–water partition coefficient (Wildman–Crippen LogP) is 3.35. The highest BCUT2D eigenvalue weighted by Crippen LogP contribution is 2.23. The third-order valence-electron chi connectivity index (χ3n) is 1.94. The van der Waals surface area contributed by atoms with Gasteiger partial charge in [0.05, 0.1) is 6.04 Å². The molecule has 1 nitrogen and oxygen atoms in total. The second-order valence-electron chi connectivity index (χ2n) is 3.40. The van der Waals surface area contributed by atoms with Crippen molar-refractivity contribution in [1.82, 2.24) is 5.32 Å². The number of alkyl halides is 5. The zero-order valence-electron chi connectivity index (χ0n) is 8.58. The summed E-state index contributed by atoms with van der Waals surface area (Å²) < 4.78 is 59.9. The summed E-state index contributed by atoms with van der Waals surface area (Å²) in [5, 5.41) is 2.54. The minimum absolute atomic E-state index is 0.142. The van der Waals surface area contributed by atoms with Crippen molar-refractivity contribution in [3.63, 3.8) is 0 Å². The van der Waals surface area contributed by atoms with Crippen LogP contribution in [0, 0.1) is 0 Å². The molecule has 0 radical (unpaired) electrons. The summed E-state index contributed by atoms with van der Waals surface area (Å²) in [4.78, 5) is 0. The number of hydrogen-bond donors (Lipinski definition) is 1. The quantitative estimate of drug-likeness (QED) is 0.665. The van der Waals surface area contributed by atoms with Gasteiger partial charge in [0.15, 0.2) is 0 Å². The average Bonchev–Trinajstić information content (AvgIpc) is 2.08. The Kier molecular flexibility index (Phi) is 6.80. The van der Waals surface area contributed by atoms with Gasteiger partial charge in [-0.25, -0.2) is 8.78 Å². The lowest BCUT2D eigenvalue weighted by Gasteiger charge is -2.17. The van der Waals surface area contributed by atoms with Crippen molar-refractivity contribution in [1.29, 1.82) is 0 Å². The first kappa shape index (κ1) is 14.6. The van der Waals surface area contributed by atoms with Gasteiger partial charge < -0.3 is 5.32 Å². The first-order valence-electron chi connectivity index (χ1n) is 4.95. The van der Waals surface area contributed by atoms with E-state index in [1.165, 1.54) is 0 Å². The highest BCUT2D eigenvalue weighted by atomic mass is 19.4. The molecule has 0 aliphatic carbocycles. The minimum Gasteiger partial charge on any atom is -0.309 e. The van der Waals surface area contributed by atoms with Crippen molar-refractivity contribution in [2.45, 2.75) is 51.3 Å². The van der Waals surface area contributed by atoms with Crippen molar-refractivity contribution in [2.24, 2.45) is 0 Å². The SMILES string of the molecule is CCCNC(CCCC(F)(F)F)C(F)F. The molecule has 0 bridgehead atoms. The van der Waals surface area contributed by atoms with Gasteiger partial charge in [0.2, 0.25) is 0 Å². The molecule has 1 unspecified atom stereocenters. The van der Waals surface area contributed by atoms with Gasteiger partial charge in [-0.3, -0.25) is 0 Å². The maximum atomic E-state index is 12.3. The smallest absolute Gasteiger partial charge is 0.309 e. The second-order valence-corrected chi connectivity index (χ2v) is 3.40. The molecule has 0 spiro atoms. The fourth-order valence-corrected chi connectivity index (χ4v) is 1.17. The summed E-state index contributed by atoms with van der Waals surface area (Å²) in [6.07, 6.45) is -7.57. The van der Waals surface area contributed by atoms with Crippen LogP contribution < -0.4 is 5.32 Å². The molecule has 0 aromatic carbocycles. The molecule has 0 heterocycles. The van der Waals surface area contributed by atoms with Crippen LogP contribution >= 0.6 is 0 Å². The highest BCUT2D eigenvalue weighted by Gasteiger charge is 2.28. The Morgan fingerprint density at radius 1 is 1.20 bits per heavy atom.